The van der Waals surface area contributed by atoms with Crippen LogP contribution >= 0.6 is 0 Å². The van der Waals surface area contributed by atoms with E-state index >= 15 is 0 Å². The van der Waals surface area contributed by atoms with Crippen molar-refractivity contribution in [1.29, 1.82) is 0 Å². The highest BCUT2D eigenvalue weighted by molar-refractivity contribution is 5.75. The molecule has 0 aliphatic carbocycles. The predicted octanol–water partition coefficient (Wildman–Crippen LogP) is 1.94. The number of nitrogens with two attached hydrogens (primary N) is 1. The van der Waals surface area contributed by atoms with Crippen molar-refractivity contribution in [1.82, 2.24) is 5.32 Å². The number of carbonyl (C=O) groups is 1. The van der Waals surface area contributed by atoms with E-state index in [4.69, 9.17) is 5.73 Å². The largest absolute Gasteiger partial charge is 0.352 e. The Kier molecular flexibility index (Phi) is 6.62. The molecule has 1 rings (SSSR count). The third kappa shape index (κ3) is 5.54. The summed E-state index contributed by atoms with van der Waals surface area (Å²) in [4.78, 5) is 11.5. The first kappa shape index (κ1) is 15.2. The molecule has 102 valence electrons. The molecule has 0 fully saturated rings. The maximum atomic E-state index is 13.6. The molecule has 1 amide bonds. The van der Waals surface area contributed by atoms with Gasteiger partial charge in [-0.25, -0.2) is 4.39 Å². The Morgan fingerprint density at radius 1 is 1.47 bits per heavy atom. The normalized spacial score (nSPS) is 9.63. The Balaban J connectivity index is 2.64. The fourth-order valence-corrected chi connectivity index (χ4v) is 1.56. The summed E-state index contributed by atoms with van der Waals surface area (Å²) in [5, 5.41) is 2.71. The predicted molar refractivity (Wildman–Crippen MR) is 73.7 cm³/mol. The Morgan fingerprint density at radius 2 is 2.26 bits per heavy atom. The number of rotatable bonds is 5. The van der Waals surface area contributed by atoms with Crippen LogP contribution in [0.25, 0.3) is 0 Å². The fourth-order valence-electron chi connectivity index (χ4n) is 1.56. The topological polar surface area (TPSA) is 55.1 Å². The van der Waals surface area contributed by atoms with Crippen molar-refractivity contribution in [3.63, 3.8) is 0 Å². The molecule has 1 aromatic rings. The number of hydrogen-bond acceptors (Lipinski definition) is 2. The van der Waals surface area contributed by atoms with Gasteiger partial charge in [0.25, 0.3) is 0 Å². The lowest BCUT2D eigenvalue weighted by molar-refractivity contribution is -0.121. The van der Waals surface area contributed by atoms with Gasteiger partial charge in [-0.3, -0.25) is 4.79 Å². The second-order valence-corrected chi connectivity index (χ2v) is 4.19. The van der Waals surface area contributed by atoms with Gasteiger partial charge in [-0.05, 0) is 24.6 Å². The first-order chi connectivity index (χ1) is 9.17. The summed E-state index contributed by atoms with van der Waals surface area (Å²) < 4.78 is 13.6. The van der Waals surface area contributed by atoms with Crippen LogP contribution < -0.4 is 11.1 Å². The van der Waals surface area contributed by atoms with Crippen LogP contribution in [0.4, 0.5) is 4.39 Å². The number of carbonyl (C=O) groups excluding carboxylic acids is 1. The molecule has 0 spiro atoms. The molecule has 0 saturated heterocycles. The number of nitrogens with one attached hydrogen (secondary N) is 1. The second kappa shape index (κ2) is 8.28. The van der Waals surface area contributed by atoms with E-state index in [1.165, 1.54) is 6.07 Å². The molecule has 0 atom stereocenters. The third-order valence-electron chi connectivity index (χ3n) is 2.61. The number of unbranched alkanes of at least 4 members (excludes halogenated alkanes) is 1. The van der Waals surface area contributed by atoms with Crippen LogP contribution in [0.2, 0.25) is 0 Å². The summed E-state index contributed by atoms with van der Waals surface area (Å²) >= 11 is 0. The van der Waals surface area contributed by atoms with Gasteiger partial charge in [0, 0.05) is 24.1 Å². The zero-order chi connectivity index (χ0) is 14.1. The van der Waals surface area contributed by atoms with Crippen LogP contribution in [-0.4, -0.2) is 12.5 Å². The minimum Gasteiger partial charge on any atom is -0.352 e. The number of amides is 1. The highest BCUT2D eigenvalue weighted by Crippen LogP contribution is 2.10. The average molecular weight is 262 g/mol. The van der Waals surface area contributed by atoms with Gasteiger partial charge in [0.15, 0.2) is 0 Å². The van der Waals surface area contributed by atoms with Crippen LogP contribution in [0.5, 0.6) is 0 Å². The summed E-state index contributed by atoms with van der Waals surface area (Å²) in [6.07, 6.45) is 2.28. The SMILES string of the molecule is CCCCC(=O)NCc1cc(C#CCN)ccc1F. The molecule has 0 unspecified atom stereocenters. The van der Waals surface area contributed by atoms with Gasteiger partial charge in [-0.2, -0.15) is 0 Å². The maximum absolute atomic E-state index is 13.6. The lowest BCUT2D eigenvalue weighted by Crippen LogP contribution is -2.22. The molecule has 3 N–H and O–H groups in total. The van der Waals surface area contributed by atoms with E-state index in [0.29, 0.717) is 17.5 Å². The van der Waals surface area contributed by atoms with Crippen molar-refractivity contribution in [3.8, 4) is 11.8 Å². The van der Waals surface area contributed by atoms with E-state index in [-0.39, 0.29) is 24.8 Å². The van der Waals surface area contributed by atoms with Crippen LogP contribution in [0.1, 0.15) is 37.3 Å². The van der Waals surface area contributed by atoms with Gasteiger partial charge in [-0.1, -0.05) is 25.2 Å². The Labute approximate surface area is 113 Å². The lowest BCUT2D eigenvalue weighted by Gasteiger charge is -2.06. The van der Waals surface area contributed by atoms with Crippen molar-refractivity contribution in [2.45, 2.75) is 32.7 Å². The second-order valence-electron chi connectivity index (χ2n) is 4.19. The van der Waals surface area contributed by atoms with E-state index in [2.05, 4.69) is 17.2 Å². The molecular weight excluding hydrogens is 243 g/mol. The Bertz CT molecular complexity index is 489. The molecular formula is C15H19FN2O. The minimum atomic E-state index is -0.339. The van der Waals surface area contributed by atoms with Gasteiger partial charge >= 0.3 is 0 Å². The first-order valence-corrected chi connectivity index (χ1v) is 6.41. The van der Waals surface area contributed by atoms with Gasteiger partial charge in [0.05, 0.1) is 6.54 Å². The molecule has 3 nitrogen and oxygen atoms in total. The van der Waals surface area contributed by atoms with Gasteiger partial charge < -0.3 is 11.1 Å². The third-order valence-corrected chi connectivity index (χ3v) is 2.61. The zero-order valence-electron chi connectivity index (χ0n) is 11.1. The van der Waals surface area contributed by atoms with Crippen molar-refractivity contribution in [2.75, 3.05) is 6.54 Å². The quantitative estimate of drug-likeness (QED) is 0.797. The highest BCUT2D eigenvalue weighted by atomic mass is 19.1. The standard InChI is InChI=1S/C15H19FN2O/c1-2-3-6-15(19)18-11-13-10-12(5-4-9-17)7-8-14(13)16/h7-8,10H,2-3,6,9,11,17H2,1H3,(H,18,19). The van der Waals surface area contributed by atoms with Crippen LogP contribution in [0.3, 0.4) is 0 Å². The Morgan fingerprint density at radius 3 is 2.95 bits per heavy atom. The molecule has 0 aliphatic rings. The molecule has 0 heterocycles. The van der Waals surface area contributed by atoms with Crippen molar-refractivity contribution in [3.05, 3.63) is 35.1 Å². The van der Waals surface area contributed by atoms with Crippen molar-refractivity contribution in [2.24, 2.45) is 5.73 Å². The summed E-state index contributed by atoms with van der Waals surface area (Å²) in [7, 11) is 0. The summed E-state index contributed by atoms with van der Waals surface area (Å²) in [6.45, 7) is 2.47. The van der Waals surface area contributed by atoms with Crippen LogP contribution in [-0.2, 0) is 11.3 Å². The van der Waals surface area contributed by atoms with E-state index < -0.39 is 0 Å². The average Bonchev–Trinajstić information content (AvgIpc) is 2.42. The van der Waals surface area contributed by atoms with Crippen molar-refractivity contribution >= 4 is 5.91 Å². The monoisotopic (exact) mass is 262 g/mol. The van der Waals surface area contributed by atoms with Gasteiger partial charge in [0.1, 0.15) is 5.82 Å². The molecule has 0 saturated carbocycles. The fraction of sp³-hybridized carbons (Fsp3) is 0.400. The molecule has 0 aromatic heterocycles. The molecule has 4 heteroatoms. The summed E-state index contributed by atoms with van der Waals surface area (Å²) in [6, 6.07) is 4.59. The van der Waals surface area contributed by atoms with Crippen LogP contribution in [0.15, 0.2) is 18.2 Å². The smallest absolute Gasteiger partial charge is 0.220 e. The zero-order valence-corrected chi connectivity index (χ0v) is 11.1. The molecule has 0 bridgehead atoms. The van der Waals surface area contributed by atoms with E-state index in [1.54, 1.807) is 12.1 Å². The Hall–Kier alpha value is -1.86. The number of hydrogen-bond donors (Lipinski definition) is 2. The number of halogens is 1. The van der Waals surface area contributed by atoms with Crippen molar-refractivity contribution < 1.29 is 9.18 Å². The first-order valence-electron chi connectivity index (χ1n) is 6.41. The minimum absolute atomic E-state index is 0.0558. The lowest BCUT2D eigenvalue weighted by atomic mass is 10.1. The summed E-state index contributed by atoms with van der Waals surface area (Å²) in [5.74, 6) is 5.16. The highest BCUT2D eigenvalue weighted by Gasteiger charge is 2.05. The molecule has 0 aliphatic heterocycles. The van der Waals surface area contributed by atoms with E-state index in [0.717, 1.165) is 12.8 Å². The summed E-state index contributed by atoms with van der Waals surface area (Å²) in [5.41, 5.74) is 6.42. The van der Waals surface area contributed by atoms with Gasteiger partial charge in [-0.15, -0.1) is 0 Å². The van der Waals surface area contributed by atoms with E-state index in [1.807, 2.05) is 6.92 Å². The maximum Gasteiger partial charge on any atom is 0.220 e. The van der Waals surface area contributed by atoms with E-state index in [9.17, 15) is 9.18 Å². The van der Waals surface area contributed by atoms with Crippen LogP contribution in [0, 0.1) is 17.7 Å². The molecule has 19 heavy (non-hydrogen) atoms. The van der Waals surface area contributed by atoms with Gasteiger partial charge in [0.2, 0.25) is 5.91 Å². The molecule has 1 aromatic carbocycles. The molecule has 0 radical (unpaired) electrons. The number of benzene rings is 1.